The minimum absolute atomic E-state index is 0.143. The third kappa shape index (κ3) is 4.09. The highest BCUT2D eigenvalue weighted by Gasteiger charge is 2.33. The van der Waals surface area contributed by atoms with Crippen LogP contribution >= 0.6 is 34.3 Å². The topological polar surface area (TPSA) is 111 Å². The largest absolute Gasteiger partial charge is 0.317 e. The van der Waals surface area contributed by atoms with Gasteiger partial charge in [0.15, 0.2) is 0 Å². The Bertz CT molecular complexity index is 1220. The first-order valence-corrected chi connectivity index (χ1v) is 11.1. The Morgan fingerprint density at radius 2 is 2.23 bits per heavy atom. The Hall–Kier alpha value is -2.71. The minimum atomic E-state index is -0.615. The normalized spacial score (nSPS) is 18.0. The summed E-state index contributed by atoms with van der Waals surface area (Å²) in [6.07, 6.45) is 6.91. The number of aromatic nitrogens is 6. The van der Waals surface area contributed by atoms with E-state index in [-0.39, 0.29) is 23.7 Å². The third-order valence-electron chi connectivity index (χ3n) is 4.99. The summed E-state index contributed by atoms with van der Waals surface area (Å²) in [7, 11) is 0. The number of carbonyl (C=O) groups excluding carboxylic acids is 1. The van der Waals surface area contributed by atoms with Crippen LogP contribution < -0.4 is 5.32 Å². The van der Waals surface area contributed by atoms with Crippen molar-refractivity contribution < 1.29 is 12.3 Å². The van der Waals surface area contributed by atoms with E-state index in [0.717, 1.165) is 18.4 Å². The van der Waals surface area contributed by atoms with E-state index in [1.165, 1.54) is 17.4 Å². The molecule has 12 heteroatoms. The van der Waals surface area contributed by atoms with Crippen LogP contribution in [0.15, 0.2) is 42.2 Å². The van der Waals surface area contributed by atoms with Crippen molar-refractivity contribution in [3.63, 3.8) is 0 Å². The van der Waals surface area contributed by atoms with Gasteiger partial charge in [-0.15, -0.1) is 11.3 Å². The van der Waals surface area contributed by atoms with E-state index in [1.54, 1.807) is 40.8 Å². The molecular formula is C19H15FIN7O2S. The molecule has 1 aliphatic carbocycles. The number of halogens is 2. The molecule has 0 aliphatic heterocycles. The molecule has 0 spiro atoms. The number of carbonyl (C=O) groups is 1. The smallest absolute Gasteiger partial charge is 0.275 e. The first kappa shape index (κ1) is 20.2. The van der Waals surface area contributed by atoms with Crippen molar-refractivity contribution in [2.24, 2.45) is 0 Å². The van der Waals surface area contributed by atoms with Crippen molar-refractivity contribution in [1.82, 2.24) is 29.9 Å². The Kier molecular flexibility index (Phi) is 5.50. The number of hydrogen-bond acceptors (Lipinski definition) is 7. The summed E-state index contributed by atoms with van der Waals surface area (Å²) in [6, 6.07) is 4.62. The second-order valence-corrected chi connectivity index (χ2v) is 8.40. The lowest BCUT2D eigenvalue weighted by Crippen LogP contribution is -2.31. The van der Waals surface area contributed by atoms with Crippen LogP contribution in [-0.2, 0) is 3.07 Å². The number of H-pyrrole nitrogens is 1. The van der Waals surface area contributed by atoms with E-state index in [2.05, 4.69) is 30.6 Å². The average molecular weight is 551 g/mol. The number of hydrogen-bond donors (Lipinski definition) is 2. The SMILES string of the molecule is O=C(Nc1cn(C2CC(OI)C2)nc1-c1cccc(F)n1)c1csc(-c2cn[nH]c2)n1. The van der Waals surface area contributed by atoms with Crippen molar-refractivity contribution in [2.45, 2.75) is 25.0 Å². The molecular weight excluding hydrogens is 536 g/mol. The van der Waals surface area contributed by atoms with E-state index >= 15 is 0 Å². The fourth-order valence-corrected chi connectivity index (χ4v) is 4.49. The molecule has 5 rings (SSSR count). The number of rotatable bonds is 6. The number of nitrogens with zero attached hydrogens (tertiary/aromatic N) is 5. The molecule has 1 amide bonds. The highest BCUT2D eigenvalue weighted by Crippen LogP contribution is 2.37. The Morgan fingerprint density at radius 3 is 2.97 bits per heavy atom. The first-order chi connectivity index (χ1) is 15.1. The summed E-state index contributed by atoms with van der Waals surface area (Å²) in [4.78, 5) is 21.2. The minimum Gasteiger partial charge on any atom is -0.317 e. The van der Waals surface area contributed by atoms with Crippen LogP contribution in [0.2, 0.25) is 0 Å². The van der Waals surface area contributed by atoms with Crippen LogP contribution in [0.4, 0.5) is 10.1 Å². The molecule has 31 heavy (non-hydrogen) atoms. The summed E-state index contributed by atoms with van der Waals surface area (Å²) in [6.45, 7) is 0. The number of thiazole rings is 1. The Balaban J connectivity index is 1.43. The summed E-state index contributed by atoms with van der Waals surface area (Å²) < 4.78 is 20.8. The lowest BCUT2D eigenvalue weighted by molar-refractivity contribution is 0.101. The lowest BCUT2D eigenvalue weighted by Gasteiger charge is -2.33. The lowest BCUT2D eigenvalue weighted by atomic mass is 9.90. The predicted octanol–water partition coefficient (Wildman–Crippen LogP) is 4.25. The zero-order valence-corrected chi connectivity index (χ0v) is 18.8. The Morgan fingerprint density at radius 1 is 1.35 bits per heavy atom. The van der Waals surface area contributed by atoms with Gasteiger partial charge in [-0.05, 0) is 25.0 Å². The van der Waals surface area contributed by atoms with Gasteiger partial charge in [0.05, 0.1) is 29.7 Å². The average Bonchev–Trinajstić information content (AvgIpc) is 3.48. The third-order valence-corrected chi connectivity index (χ3v) is 6.60. The van der Waals surface area contributed by atoms with Crippen molar-refractivity contribution in [3.8, 4) is 22.0 Å². The van der Waals surface area contributed by atoms with Gasteiger partial charge < -0.3 is 8.38 Å². The quantitative estimate of drug-likeness (QED) is 0.274. The van der Waals surface area contributed by atoms with E-state index in [9.17, 15) is 9.18 Å². The van der Waals surface area contributed by atoms with Gasteiger partial charge in [0.2, 0.25) is 5.95 Å². The summed E-state index contributed by atoms with van der Waals surface area (Å²) in [5.41, 5.74) is 2.26. The van der Waals surface area contributed by atoms with Gasteiger partial charge >= 0.3 is 0 Å². The van der Waals surface area contributed by atoms with Crippen LogP contribution in [0.1, 0.15) is 29.4 Å². The molecule has 158 valence electrons. The molecule has 0 unspecified atom stereocenters. The molecule has 4 aromatic rings. The van der Waals surface area contributed by atoms with Crippen molar-refractivity contribution in [2.75, 3.05) is 5.32 Å². The van der Waals surface area contributed by atoms with Gasteiger partial charge in [0.25, 0.3) is 5.91 Å². The fourth-order valence-electron chi connectivity index (χ4n) is 3.29. The molecule has 0 aromatic carbocycles. The molecule has 1 aliphatic rings. The van der Waals surface area contributed by atoms with Gasteiger partial charge in [-0.2, -0.15) is 14.6 Å². The first-order valence-electron chi connectivity index (χ1n) is 9.36. The second-order valence-electron chi connectivity index (χ2n) is 7.03. The molecule has 0 radical (unpaired) electrons. The zero-order chi connectivity index (χ0) is 21.4. The standard InChI is InChI=1S/C19H15FIN7O2S/c20-16-3-1-2-13(24-16)17-14(8-28(27-17)11-4-12(5-11)30-21)25-18(29)15-9-31-19(26-15)10-6-22-23-7-10/h1-3,6-9,11-12H,4-5H2,(H,22,23)(H,25,29). The van der Waals surface area contributed by atoms with E-state index in [1.807, 2.05) is 23.0 Å². The number of anilines is 1. The maximum Gasteiger partial charge on any atom is 0.275 e. The number of amides is 1. The number of nitrogens with one attached hydrogen (secondary N) is 2. The van der Waals surface area contributed by atoms with Crippen molar-refractivity contribution in [3.05, 3.63) is 53.8 Å². The monoisotopic (exact) mass is 551 g/mol. The summed E-state index contributed by atoms with van der Waals surface area (Å²) in [5, 5.41) is 16.4. The fraction of sp³-hybridized carbons (Fsp3) is 0.211. The van der Waals surface area contributed by atoms with Crippen LogP contribution in [0.3, 0.4) is 0 Å². The Labute approximate surface area is 193 Å². The molecule has 0 atom stereocenters. The van der Waals surface area contributed by atoms with Crippen LogP contribution in [0.5, 0.6) is 0 Å². The van der Waals surface area contributed by atoms with Gasteiger partial charge in [-0.3, -0.25) is 14.6 Å². The van der Waals surface area contributed by atoms with E-state index in [0.29, 0.717) is 22.1 Å². The maximum atomic E-state index is 13.7. The van der Waals surface area contributed by atoms with Crippen molar-refractivity contribution in [1.29, 1.82) is 0 Å². The van der Waals surface area contributed by atoms with Gasteiger partial charge in [0.1, 0.15) is 39.4 Å². The van der Waals surface area contributed by atoms with Crippen LogP contribution in [0, 0.1) is 5.95 Å². The maximum absolute atomic E-state index is 13.7. The molecule has 4 heterocycles. The molecule has 9 nitrogen and oxygen atoms in total. The van der Waals surface area contributed by atoms with E-state index < -0.39 is 5.95 Å². The number of aromatic amines is 1. The molecule has 1 fully saturated rings. The highest BCUT2D eigenvalue weighted by molar-refractivity contribution is 14.1. The molecule has 0 saturated heterocycles. The molecule has 1 saturated carbocycles. The molecule has 4 aromatic heterocycles. The molecule has 2 N–H and O–H groups in total. The van der Waals surface area contributed by atoms with Gasteiger partial charge in [-0.25, -0.2) is 9.97 Å². The number of pyridine rings is 1. The van der Waals surface area contributed by atoms with Gasteiger partial charge in [0, 0.05) is 23.3 Å². The highest BCUT2D eigenvalue weighted by atomic mass is 127. The zero-order valence-electron chi connectivity index (χ0n) is 15.8. The van der Waals surface area contributed by atoms with Crippen LogP contribution in [-0.4, -0.2) is 42.0 Å². The van der Waals surface area contributed by atoms with Crippen LogP contribution in [0.25, 0.3) is 22.0 Å². The van der Waals surface area contributed by atoms with Gasteiger partial charge in [-0.1, -0.05) is 6.07 Å². The molecule has 0 bridgehead atoms. The van der Waals surface area contributed by atoms with Crippen molar-refractivity contribution >= 4 is 45.9 Å². The second kappa shape index (κ2) is 8.43. The summed E-state index contributed by atoms with van der Waals surface area (Å²) >= 11 is 3.24. The predicted molar refractivity (Wildman–Crippen MR) is 120 cm³/mol. The van der Waals surface area contributed by atoms with E-state index in [4.69, 9.17) is 3.07 Å². The summed E-state index contributed by atoms with van der Waals surface area (Å²) in [5.74, 6) is -0.999.